The molecule has 0 saturated carbocycles. The number of allylic oxidation sites excluding steroid dienone is 1. The maximum Gasteiger partial charge on any atom is 0.326 e. The minimum absolute atomic E-state index is 0.0113. The molecule has 1 aromatic rings. The number of hydrogen-bond acceptors (Lipinski definition) is 3. The van der Waals surface area contributed by atoms with Crippen molar-refractivity contribution in [3.63, 3.8) is 0 Å². The molecule has 1 heterocycles. The zero-order chi connectivity index (χ0) is 17.3. The summed E-state index contributed by atoms with van der Waals surface area (Å²) in [5.74, 6) is -0.0568. The molecular weight excluding hydrogens is 304 g/mol. The fourth-order valence-corrected chi connectivity index (χ4v) is 3.34. The van der Waals surface area contributed by atoms with Crippen LogP contribution >= 0.6 is 0 Å². The number of para-hydroxylation sites is 1. The lowest BCUT2D eigenvalue weighted by molar-refractivity contribution is -0.155. The minimum atomic E-state index is -0.549. The number of urea groups is 1. The summed E-state index contributed by atoms with van der Waals surface area (Å²) in [7, 11) is 0. The molecule has 0 bridgehead atoms. The van der Waals surface area contributed by atoms with Gasteiger partial charge in [-0.15, -0.1) is 0 Å². The number of hydrogen-bond donors (Lipinski definition) is 0. The minimum Gasteiger partial charge on any atom is -0.459 e. The van der Waals surface area contributed by atoms with E-state index in [0.717, 1.165) is 12.1 Å². The van der Waals surface area contributed by atoms with Crippen molar-refractivity contribution >= 4 is 17.7 Å². The van der Waals surface area contributed by atoms with E-state index in [9.17, 15) is 9.59 Å². The van der Waals surface area contributed by atoms with E-state index >= 15 is 0 Å². The number of fused-ring (bicyclic) bond motifs is 1. The van der Waals surface area contributed by atoms with E-state index in [2.05, 4.69) is 12.2 Å². The third kappa shape index (κ3) is 3.45. The first-order chi connectivity index (χ1) is 11.3. The Morgan fingerprint density at radius 3 is 2.62 bits per heavy atom. The topological polar surface area (TPSA) is 49.9 Å². The van der Waals surface area contributed by atoms with Crippen LogP contribution in [0.2, 0.25) is 0 Å². The van der Waals surface area contributed by atoms with E-state index in [1.165, 1.54) is 0 Å². The van der Waals surface area contributed by atoms with Gasteiger partial charge >= 0.3 is 12.0 Å². The van der Waals surface area contributed by atoms with E-state index in [4.69, 9.17) is 4.74 Å². The number of amides is 2. The van der Waals surface area contributed by atoms with Crippen LogP contribution in [-0.4, -0.2) is 41.6 Å². The lowest BCUT2D eigenvalue weighted by atomic mass is 9.97. The van der Waals surface area contributed by atoms with Gasteiger partial charge in [0.1, 0.15) is 12.1 Å². The molecule has 5 heteroatoms. The highest BCUT2D eigenvalue weighted by Gasteiger charge is 2.41. The molecule has 1 saturated heterocycles. The van der Waals surface area contributed by atoms with Crippen LogP contribution < -0.4 is 4.90 Å². The first-order valence-corrected chi connectivity index (χ1v) is 8.37. The Morgan fingerprint density at radius 2 is 1.96 bits per heavy atom. The fourth-order valence-electron chi connectivity index (χ4n) is 3.34. The highest BCUT2D eigenvalue weighted by molar-refractivity contribution is 5.95. The predicted octanol–water partition coefficient (Wildman–Crippen LogP) is 3.22. The summed E-state index contributed by atoms with van der Waals surface area (Å²) in [6, 6.07) is 9.55. The van der Waals surface area contributed by atoms with Gasteiger partial charge in [0.25, 0.3) is 0 Å². The van der Waals surface area contributed by atoms with Crippen molar-refractivity contribution < 1.29 is 14.3 Å². The summed E-state index contributed by atoms with van der Waals surface area (Å²) in [5.41, 5.74) is 0.310. The predicted molar refractivity (Wildman–Crippen MR) is 92.8 cm³/mol. The van der Waals surface area contributed by atoms with Crippen LogP contribution in [0.25, 0.3) is 0 Å². The molecule has 1 fully saturated rings. The van der Waals surface area contributed by atoms with Gasteiger partial charge in [0.05, 0.1) is 6.04 Å². The van der Waals surface area contributed by atoms with Crippen molar-refractivity contribution in [3.05, 3.63) is 42.5 Å². The fraction of sp³-hybridized carbons (Fsp3) is 0.474. The van der Waals surface area contributed by atoms with Crippen molar-refractivity contribution in [3.8, 4) is 0 Å². The highest BCUT2D eigenvalue weighted by Crippen LogP contribution is 2.33. The Kier molecular flexibility index (Phi) is 4.35. The van der Waals surface area contributed by atoms with E-state index in [0.29, 0.717) is 12.5 Å². The van der Waals surface area contributed by atoms with Crippen molar-refractivity contribution in [2.75, 3.05) is 18.0 Å². The first kappa shape index (κ1) is 16.6. The molecule has 24 heavy (non-hydrogen) atoms. The molecule has 1 aliphatic heterocycles. The standard InChI is InChI=1S/C19H24N2O3/c1-19(2,3)24-17(22)13-20-12-14-8-7-11-16(14)21(18(20)23)15-9-5-4-6-10-15/h4-7,9-11,14,16H,8,12-13H2,1-3H3/t14-,16-/m0/s1. The molecule has 2 atom stereocenters. The van der Waals surface area contributed by atoms with E-state index in [-0.39, 0.29) is 24.6 Å². The number of esters is 1. The molecule has 5 nitrogen and oxygen atoms in total. The quantitative estimate of drug-likeness (QED) is 0.632. The van der Waals surface area contributed by atoms with Gasteiger partial charge in [-0.25, -0.2) is 4.79 Å². The van der Waals surface area contributed by atoms with E-state index in [1.54, 1.807) is 9.80 Å². The van der Waals surface area contributed by atoms with Crippen LogP contribution in [-0.2, 0) is 9.53 Å². The Bertz CT molecular complexity index is 648. The summed E-state index contributed by atoms with van der Waals surface area (Å²) in [4.78, 5) is 28.5. The second-order valence-electron chi connectivity index (χ2n) is 7.37. The normalized spacial score (nSPS) is 23.4. The Balaban J connectivity index is 1.80. The molecule has 0 spiro atoms. The number of anilines is 1. The second kappa shape index (κ2) is 6.30. The molecule has 128 valence electrons. The summed E-state index contributed by atoms with van der Waals surface area (Å²) in [6.45, 7) is 6.06. The monoisotopic (exact) mass is 328 g/mol. The smallest absolute Gasteiger partial charge is 0.326 e. The molecular formula is C19H24N2O3. The van der Waals surface area contributed by atoms with Crippen LogP contribution in [0.5, 0.6) is 0 Å². The van der Waals surface area contributed by atoms with Gasteiger partial charge in [-0.3, -0.25) is 9.69 Å². The largest absolute Gasteiger partial charge is 0.459 e. The molecule has 0 N–H and O–H groups in total. The number of rotatable bonds is 3. The second-order valence-corrected chi connectivity index (χ2v) is 7.37. The maximum absolute atomic E-state index is 13.0. The average Bonchev–Trinajstić information content (AvgIpc) is 2.94. The molecule has 2 amide bonds. The number of ether oxygens (including phenoxy) is 1. The summed E-state index contributed by atoms with van der Waals surface area (Å²) >= 11 is 0. The Morgan fingerprint density at radius 1 is 1.25 bits per heavy atom. The lowest BCUT2D eigenvalue weighted by Gasteiger charge is -2.43. The van der Waals surface area contributed by atoms with E-state index < -0.39 is 5.60 Å². The summed E-state index contributed by atoms with van der Waals surface area (Å²) < 4.78 is 5.37. The molecule has 0 unspecified atom stereocenters. The zero-order valence-electron chi connectivity index (χ0n) is 14.4. The maximum atomic E-state index is 13.0. The van der Waals surface area contributed by atoms with Gasteiger partial charge in [0.2, 0.25) is 0 Å². The van der Waals surface area contributed by atoms with Crippen LogP contribution in [0.4, 0.5) is 10.5 Å². The van der Waals surface area contributed by atoms with E-state index in [1.807, 2.05) is 51.1 Å². The van der Waals surface area contributed by atoms with Gasteiger partial charge < -0.3 is 9.64 Å². The Labute approximate surface area is 142 Å². The number of nitrogens with zero attached hydrogens (tertiary/aromatic N) is 2. The molecule has 3 rings (SSSR count). The zero-order valence-corrected chi connectivity index (χ0v) is 14.4. The molecule has 0 aromatic heterocycles. The van der Waals surface area contributed by atoms with Crippen LogP contribution in [0.3, 0.4) is 0 Å². The average molecular weight is 328 g/mol. The van der Waals surface area contributed by atoms with Crippen LogP contribution in [0.1, 0.15) is 27.2 Å². The molecule has 2 aliphatic rings. The van der Waals surface area contributed by atoms with Crippen molar-refractivity contribution in [2.24, 2.45) is 5.92 Å². The lowest BCUT2D eigenvalue weighted by Crippen LogP contribution is -2.58. The van der Waals surface area contributed by atoms with Gasteiger partial charge in [0.15, 0.2) is 0 Å². The highest BCUT2D eigenvalue weighted by atomic mass is 16.6. The number of carbonyl (C=O) groups is 2. The SMILES string of the molecule is CC(C)(C)OC(=O)CN1C[C@@H]2CC=C[C@@H]2N(c2ccccc2)C1=O. The van der Waals surface area contributed by atoms with Gasteiger partial charge in [-0.05, 0) is 39.3 Å². The van der Waals surface area contributed by atoms with Gasteiger partial charge in [-0.1, -0.05) is 30.4 Å². The number of carbonyl (C=O) groups excluding carboxylic acids is 2. The first-order valence-electron chi connectivity index (χ1n) is 8.37. The van der Waals surface area contributed by atoms with Gasteiger partial charge in [0, 0.05) is 18.2 Å². The van der Waals surface area contributed by atoms with Crippen LogP contribution in [0.15, 0.2) is 42.5 Å². The van der Waals surface area contributed by atoms with Crippen molar-refractivity contribution in [1.82, 2.24) is 4.90 Å². The van der Waals surface area contributed by atoms with Crippen molar-refractivity contribution in [1.29, 1.82) is 0 Å². The Hall–Kier alpha value is -2.30. The molecule has 0 radical (unpaired) electrons. The third-order valence-electron chi connectivity index (χ3n) is 4.26. The third-order valence-corrected chi connectivity index (χ3v) is 4.26. The van der Waals surface area contributed by atoms with Crippen LogP contribution in [0, 0.1) is 5.92 Å². The summed E-state index contributed by atoms with van der Waals surface area (Å²) in [5, 5.41) is 0. The van der Waals surface area contributed by atoms with Gasteiger partial charge in [-0.2, -0.15) is 0 Å². The summed E-state index contributed by atoms with van der Waals surface area (Å²) in [6.07, 6.45) is 5.14. The molecule has 1 aliphatic carbocycles. The number of benzene rings is 1. The van der Waals surface area contributed by atoms with Crippen molar-refractivity contribution in [2.45, 2.75) is 38.8 Å². The molecule has 1 aromatic carbocycles.